The minimum Gasteiger partial charge on any atom is -0.399 e. The van der Waals surface area contributed by atoms with Gasteiger partial charge in [0.25, 0.3) is 0 Å². The molecule has 2 rings (SSSR count). The van der Waals surface area contributed by atoms with Gasteiger partial charge < -0.3 is 9.31 Å². The first kappa shape index (κ1) is 14.6. The lowest BCUT2D eigenvalue weighted by molar-refractivity contribution is 0.00578. The van der Waals surface area contributed by atoms with Crippen molar-refractivity contribution in [1.82, 2.24) is 4.98 Å². The first-order chi connectivity index (χ1) is 9.36. The summed E-state index contributed by atoms with van der Waals surface area (Å²) in [4.78, 5) is 4.16. The third-order valence-electron chi connectivity index (χ3n) is 3.68. The van der Waals surface area contributed by atoms with Gasteiger partial charge in [-0.2, -0.15) is 5.26 Å². The van der Waals surface area contributed by atoms with Crippen molar-refractivity contribution in [1.29, 1.82) is 5.26 Å². The minimum absolute atomic E-state index is 0.209. The summed E-state index contributed by atoms with van der Waals surface area (Å²) in [6.45, 7) is 8.04. The molecule has 1 aromatic heterocycles. The second kappa shape index (κ2) is 5.29. The number of nitrogens with zero attached hydrogens (tertiary/aromatic N) is 2. The predicted octanol–water partition coefficient (Wildman–Crippen LogP) is 1.65. The monoisotopic (exact) mass is 268 g/mol. The summed E-state index contributed by atoms with van der Waals surface area (Å²) in [5.74, 6) is 5.67. The van der Waals surface area contributed by atoms with Crippen LogP contribution in [0.1, 0.15) is 39.7 Å². The predicted molar refractivity (Wildman–Crippen MR) is 77.1 cm³/mol. The SMILES string of the molecule is CC1(C)OB(c2cncc(C#CCC#N)c2)OC1(C)C. The number of pyridine rings is 1. The highest BCUT2D eigenvalue weighted by Gasteiger charge is 2.51. The fourth-order valence-corrected chi connectivity index (χ4v) is 1.82. The van der Waals surface area contributed by atoms with Gasteiger partial charge in [-0.3, -0.25) is 4.98 Å². The first-order valence-corrected chi connectivity index (χ1v) is 6.52. The van der Waals surface area contributed by atoms with E-state index in [2.05, 4.69) is 16.8 Å². The molecule has 0 radical (unpaired) electrons. The molecule has 2 heterocycles. The Kier molecular flexibility index (Phi) is 3.86. The van der Waals surface area contributed by atoms with Gasteiger partial charge in [-0.15, -0.1) is 0 Å². The Hall–Kier alpha value is -1.82. The molecule has 1 aliphatic heterocycles. The number of hydrogen-bond acceptors (Lipinski definition) is 4. The lowest BCUT2D eigenvalue weighted by atomic mass is 9.80. The van der Waals surface area contributed by atoms with Crippen LogP contribution in [0.4, 0.5) is 0 Å². The molecule has 0 saturated carbocycles. The molecule has 0 bridgehead atoms. The fraction of sp³-hybridized carbons (Fsp3) is 0.467. The van der Waals surface area contributed by atoms with Crippen molar-refractivity contribution >= 4 is 12.6 Å². The zero-order valence-corrected chi connectivity index (χ0v) is 12.2. The van der Waals surface area contributed by atoms with Gasteiger partial charge in [-0.25, -0.2) is 0 Å². The van der Waals surface area contributed by atoms with E-state index in [0.717, 1.165) is 11.0 Å². The normalized spacial score (nSPS) is 19.1. The molecule has 4 nitrogen and oxygen atoms in total. The van der Waals surface area contributed by atoms with Gasteiger partial charge >= 0.3 is 7.12 Å². The average Bonchev–Trinajstić information content (AvgIpc) is 2.59. The molecule has 0 aromatic carbocycles. The van der Waals surface area contributed by atoms with E-state index in [1.165, 1.54) is 0 Å². The summed E-state index contributed by atoms with van der Waals surface area (Å²) in [5, 5.41) is 8.48. The number of rotatable bonds is 1. The smallest absolute Gasteiger partial charge is 0.399 e. The molecular weight excluding hydrogens is 251 g/mol. The van der Waals surface area contributed by atoms with Gasteiger partial charge in [0.2, 0.25) is 0 Å². The molecule has 0 amide bonds. The van der Waals surface area contributed by atoms with Gasteiger partial charge in [0, 0.05) is 23.4 Å². The molecule has 0 N–H and O–H groups in total. The summed E-state index contributed by atoms with van der Waals surface area (Å²) < 4.78 is 11.9. The van der Waals surface area contributed by atoms with Crippen LogP contribution in [0.15, 0.2) is 18.5 Å². The third-order valence-corrected chi connectivity index (χ3v) is 3.68. The zero-order valence-electron chi connectivity index (χ0n) is 12.2. The molecule has 1 aliphatic rings. The van der Waals surface area contributed by atoms with Crippen LogP contribution in [0.5, 0.6) is 0 Å². The lowest BCUT2D eigenvalue weighted by Crippen LogP contribution is -2.41. The Morgan fingerprint density at radius 3 is 2.45 bits per heavy atom. The molecule has 0 aliphatic carbocycles. The highest BCUT2D eigenvalue weighted by molar-refractivity contribution is 6.62. The van der Waals surface area contributed by atoms with E-state index >= 15 is 0 Å². The van der Waals surface area contributed by atoms with E-state index < -0.39 is 7.12 Å². The second-order valence-corrected chi connectivity index (χ2v) is 5.73. The van der Waals surface area contributed by atoms with Crippen molar-refractivity contribution in [3.63, 3.8) is 0 Å². The van der Waals surface area contributed by atoms with E-state index in [1.54, 1.807) is 12.4 Å². The molecule has 1 fully saturated rings. The maximum atomic E-state index is 8.48. The van der Waals surface area contributed by atoms with Crippen LogP contribution in [-0.4, -0.2) is 23.3 Å². The number of nitriles is 1. The van der Waals surface area contributed by atoms with E-state index in [9.17, 15) is 0 Å². The Balaban J connectivity index is 2.22. The molecule has 1 aromatic rings. The molecule has 20 heavy (non-hydrogen) atoms. The van der Waals surface area contributed by atoms with Gasteiger partial charge in [0.05, 0.1) is 23.7 Å². The van der Waals surface area contributed by atoms with Crippen molar-refractivity contribution in [2.75, 3.05) is 0 Å². The largest absolute Gasteiger partial charge is 0.496 e. The van der Waals surface area contributed by atoms with Gasteiger partial charge in [0.15, 0.2) is 0 Å². The molecule has 102 valence electrons. The topological polar surface area (TPSA) is 55.1 Å². The Morgan fingerprint density at radius 2 is 1.85 bits per heavy atom. The minimum atomic E-state index is -0.440. The maximum absolute atomic E-state index is 8.48. The summed E-state index contributed by atoms with van der Waals surface area (Å²) >= 11 is 0. The lowest BCUT2D eigenvalue weighted by Gasteiger charge is -2.32. The molecular formula is C15H17BN2O2. The molecule has 0 unspecified atom stereocenters. The van der Waals surface area contributed by atoms with Crippen LogP contribution in [-0.2, 0) is 9.31 Å². The highest BCUT2D eigenvalue weighted by Crippen LogP contribution is 2.36. The van der Waals surface area contributed by atoms with Crippen molar-refractivity contribution in [2.24, 2.45) is 0 Å². The molecule has 1 saturated heterocycles. The Bertz CT molecular complexity index is 592. The fourth-order valence-electron chi connectivity index (χ4n) is 1.82. The summed E-state index contributed by atoms with van der Waals surface area (Å²) in [6.07, 6.45) is 3.59. The first-order valence-electron chi connectivity index (χ1n) is 6.52. The average molecular weight is 268 g/mol. The summed E-state index contributed by atoms with van der Waals surface area (Å²) in [5.41, 5.74) is 0.847. The second-order valence-electron chi connectivity index (χ2n) is 5.73. The van der Waals surface area contributed by atoms with Gasteiger partial charge in [-0.05, 0) is 33.8 Å². The van der Waals surface area contributed by atoms with Crippen molar-refractivity contribution in [3.05, 3.63) is 24.0 Å². The quantitative estimate of drug-likeness (QED) is 0.574. The van der Waals surface area contributed by atoms with Crippen molar-refractivity contribution in [3.8, 4) is 17.9 Å². The van der Waals surface area contributed by atoms with Gasteiger partial charge in [-0.1, -0.05) is 11.8 Å². The molecule has 0 atom stereocenters. The third kappa shape index (κ3) is 2.85. The number of aromatic nitrogens is 1. The zero-order chi connectivity index (χ0) is 14.8. The maximum Gasteiger partial charge on any atom is 0.496 e. The van der Waals surface area contributed by atoms with Crippen LogP contribution in [0.2, 0.25) is 0 Å². The summed E-state index contributed by atoms with van der Waals surface area (Å²) in [7, 11) is -0.440. The Labute approximate surface area is 120 Å². The van der Waals surface area contributed by atoms with Crippen LogP contribution < -0.4 is 5.46 Å². The van der Waals surface area contributed by atoms with E-state index in [0.29, 0.717) is 0 Å². The molecule has 0 spiro atoms. The van der Waals surface area contributed by atoms with Crippen LogP contribution in [0, 0.1) is 23.2 Å². The Morgan fingerprint density at radius 1 is 1.20 bits per heavy atom. The van der Waals surface area contributed by atoms with E-state index in [1.807, 2.05) is 39.8 Å². The number of hydrogen-bond donors (Lipinski definition) is 0. The van der Waals surface area contributed by atoms with Crippen molar-refractivity contribution in [2.45, 2.75) is 45.3 Å². The van der Waals surface area contributed by atoms with Crippen LogP contribution >= 0.6 is 0 Å². The van der Waals surface area contributed by atoms with E-state index in [-0.39, 0.29) is 17.6 Å². The summed E-state index contributed by atoms with van der Waals surface area (Å²) in [6, 6.07) is 3.87. The van der Waals surface area contributed by atoms with Crippen LogP contribution in [0.25, 0.3) is 0 Å². The van der Waals surface area contributed by atoms with Crippen LogP contribution in [0.3, 0.4) is 0 Å². The van der Waals surface area contributed by atoms with Crippen molar-refractivity contribution < 1.29 is 9.31 Å². The highest BCUT2D eigenvalue weighted by atomic mass is 16.7. The van der Waals surface area contributed by atoms with E-state index in [4.69, 9.17) is 14.6 Å². The standard InChI is InChI=1S/C15H17BN2O2/c1-14(2)15(3,4)20-16(19-14)13-9-12(10-18-11-13)7-5-6-8-17/h9-11H,6H2,1-4H3. The van der Waals surface area contributed by atoms with Gasteiger partial charge in [0.1, 0.15) is 0 Å². The molecule has 5 heteroatoms.